The summed E-state index contributed by atoms with van der Waals surface area (Å²) in [6.07, 6.45) is 0. The van der Waals surface area contributed by atoms with Gasteiger partial charge in [-0.25, -0.2) is 9.59 Å². The molecule has 5 N–H and O–H groups in total. The van der Waals surface area contributed by atoms with E-state index in [1.54, 1.807) is 6.07 Å². The Hall–Kier alpha value is -2.88. The number of carboxylic acid groups (broad SMARTS) is 2. The van der Waals surface area contributed by atoms with E-state index >= 15 is 0 Å². The van der Waals surface area contributed by atoms with Crippen molar-refractivity contribution in [3.63, 3.8) is 0 Å². The SMILES string of the molecule is COc1ccc(NN)cc1[N+](=O)[O-].O=C(O)C(=O)O. The Morgan fingerprint density at radius 2 is 1.89 bits per heavy atom. The number of aliphatic carboxylic acids is 2. The molecule has 1 rings (SSSR count). The minimum Gasteiger partial charge on any atom is -0.490 e. The minimum absolute atomic E-state index is 0.113. The zero-order chi connectivity index (χ0) is 15.0. The van der Waals surface area contributed by atoms with Crippen molar-refractivity contribution in [1.29, 1.82) is 0 Å². The second kappa shape index (κ2) is 7.45. The van der Waals surface area contributed by atoms with Crippen molar-refractivity contribution in [3.8, 4) is 5.75 Å². The van der Waals surface area contributed by atoms with Crippen molar-refractivity contribution in [2.24, 2.45) is 5.84 Å². The molecule has 0 unspecified atom stereocenters. The average molecular weight is 273 g/mol. The van der Waals surface area contributed by atoms with Gasteiger partial charge in [-0.05, 0) is 12.1 Å². The molecule has 0 amide bonds. The molecule has 0 bridgehead atoms. The Morgan fingerprint density at radius 3 is 2.21 bits per heavy atom. The molecule has 1 aromatic rings. The van der Waals surface area contributed by atoms with Gasteiger partial charge in [-0.3, -0.25) is 16.0 Å². The number of hydrogen-bond acceptors (Lipinski definition) is 7. The molecule has 0 aromatic heterocycles. The number of benzene rings is 1. The lowest BCUT2D eigenvalue weighted by Gasteiger charge is -2.03. The van der Waals surface area contributed by atoms with E-state index in [4.69, 9.17) is 30.4 Å². The van der Waals surface area contributed by atoms with Crippen molar-refractivity contribution >= 4 is 23.3 Å². The molecule has 10 heteroatoms. The van der Waals surface area contributed by atoms with Gasteiger partial charge in [-0.15, -0.1) is 0 Å². The normalized spacial score (nSPS) is 8.74. The fraction of sp³-hybridized carbons (Fsp3) is 0.111. The first kappa shape index (κ1) is 16.1. The molecular formula is C9H11N3O7. The molecule has 1 aromatic carbocycles. The molecule has 0 aliphatic carbocycles. The summed E-state index contributed by atoms with van der Waals surface area (Å²) in [5.41, 5.74) is 2.67. The molecule has 0 aliphatic rings. The molecule has 0 aliphatic heterocycles. The number of nitrogens with one attached hydrogen (secondary N) is 1. The van der Waals surface area contributed by atoms with E-state index in [0.29, 0.717) is 5.69 Å². The zero-order valence-corrected chi connectivity index (χ0v) is 9.69. The lowest BCUT2D eigenvalue weighted by molar-refractivity contribution is -0.385. The number of anilines is 1. The predicted octanol–water partition coefficient (Wildman–Crippen LogP) is 0.0446. The van der Waals surface area contributed by atoms with E-state index in [1.807, 2.05) is 0 Å². The summed E-state index contributed by atoms with van der Waals surface area (Å²) in [6.45, 7) is 0. The monoisotopic (exact) mass is 273 g/mol. The first-order valence-electron chi connectivity index (χ1n) is 4.58. The Labute approximate surface area is 106 Å². The third-order valence-corrected chi connectivity index (χ3v) is 1.73. The largest absolute Gasteiger partial charge is 0.490 e. The van der Waals surface area contributed by atoms with Crippen LogP contribution in [0.25, 0.3) is 0 Å². The van der Waals surface area contributed by atoms with E-state index in [-0.39, 0.29) is 11.4 Å². The van der Waals surface area contributed by atoms with Gasteiger partial charge in [0.1, 0.15) is 0 Å². The lowest BCUT2D eigenvalue weighted by Crippen LogP contribution is -2.09. The quantitative estimate of drug-likeness (QED) is 0.257. The summed E-state index contributed by atoms with van der Waals surface area (Å²) in [7, 11) is 1.37. The van der Waals surface area contributed by atoms with Crippen LogP contribution in [0.3, 0.4) is 0 Å². The number of hydrogen-bond donors (Lipinski definition) is 4. The van der Waals surface area contributed by atoms with Crippen molar-refractivity contribution in [2.75, 3.05) is 12.5 Å². The van der Waals surface area contributed by atoms with E-state index < -0.39 is 16.9 Å². The maximum absolute atomic E-state index is 10.5. The van der Waals surface area contributed by atoms with Gasteiger partial charge >= 0.3 is 17.6 Å². The van der Waals surface area contributed by atoms with Gasteiger partial charge in [-0.2, -0.15) is 0 Å². The number of carbonyl (C=O) groups is 2. The van der Waals surface area contributed by atoms with Crippen LogP contribution in [0.15, 0.2) is 18.2 Å². The standard InChI is InChI=1S/C7H9N3O3.C2H2O4/c1-13-7-3-2-5(9-8)4-6(7)10(11)12;3-1(4)2(5)6/h2-4,9H,8H2,1H3;(H,3,4)(H,5,6). The van der Waals surface area contributed by atoms with Crippen molar-refractivity contribution in [3.05, 3.63) is 28.3 Å². The maximum atomic E-state index is 10.5. The Balaban J connectivity index is 0.000000459. The molecule has 0 fully saturated rings. The third kappa shape index (κ3) is 5.32. The molecule has 104 valence electrons. The highest BCUT2D eigenvalue weighted by molar-refractivity contribution is 6.27. The number of nitro groups is 1. The highest BCUT2D eigenvalue weighted by Gasteiger charge is 2.14. The topological polar surface area (TPSA) is 165 Å². The number of methoxy groups -OCH3 is 1. The van der Waals surface area contributed by atoms with Gasteiger partial charge in [0.2, 0.25) is 0 Å². The predicted molar refractivity (Wildman–Crippen MR) is 62.7 cm³/mol. The number of nitrogens with zero attached hydrogens (tertiary/aromatic N) is 1. The van der Waals surface area contributed by atoms with Crippen LogP contribution in [0.1, 0.15) is 0 Å². The fourth-order valence-corrected chi connectivity index (χ4v) is 0.922. The third-order valence-electron chi connectivity index (χ3n) is 1.73. The highest BCUT2D eigenvalue weighted by atomic mass is 16.6. The maximum Gasteiger partial charge on any atom is 0.414 e. The van der Waals surface area contributed by atoms with E-state index in [0.717, 1.165) is 0 Å². The Kier molecular flexibility index (Phi) is 6.32. The summed E-state index contributed by atoms with van der Waals surface area (Å²) < 4.78 is 4.80. The van der Waals surface area contributed by atoms with Crippen LogP contribution in [0, 0.1) is 10.1 Å². The number of nitrogen functional groups attached to an aromatic ring is 1. The molecule has 0 saturated carbocycles. The Bertz CT molecular complexity index is 477. The van der Waals surface area contributed by atoms with Gasteiger partial charge in [0.25, 0.3) is 0 Å². The zero-order valence-electron chi connectivity index (χ0n) is 9.69. The lowest BCUT2D eigenvalue weighted by atomic mass is 10.2. The second-order valence-corrected chi connectivity index (χ2v) is 2.90. The van der Waals surface area contributed by atoms with Crippen LogP contribution < -0.4 is 16.0 Å². The van der Waals surface area contributed by atoms with E-state index in [1.165, 1.54) is 19.2 Å². The molecular weight excluding hydrogens is 262 g/mol. The van der Waals surface area contributed by atoms with Crippen LogP contribution >= 0.6 is 0 Å². The minimum atomic E-state index is -1.82. The number of hydrazine groups is 1. The number of nitrogens with two attached hydrogens (primary N) is 1. The van der Waals surface area contributed by atoms with Gasteiger partial charge < -0.3 is 20.4 Å². The number of ether oxygens (including phenoxy) is 1. The Morgan fingerprint density at radius 1 is 1.37 bits per heavy atom. The summed E-state index contributed by atoms with van der Waals surface area (Å²) in [4.78, 5) is 28.2. The first-order chi connectivity index (χ1) is 8.83. The van der Waals surface area contributed by atoms with Gasteiger partial charge in [0, 0.05) is 6.07 Å². The molecule has 0 saturated heterocycles. The number of rotatable bonds is 3. The van der Waals surface area contributed by atoms with Crippen LogP contribution in [0.2, 0.25) is 0 Å². The summed E-state index contributed by atoms with van der Waals surface area (Å²) >= 11 is 0. The van der Waals surface area contributed by atoms with Crippen molar-refractivity contribution in [1.82, 2.24) is 0 Å². The first-order valence-corrected chi connectivity index (χ1v) is 4.58. The average Bonchev–Trinajstić information content (AvgIpc) is 2.38. The summed E-state index contributed by atoms with van der Waals surface area (Å²) in [5.74, 6) is 1.66. The van der Waals surface area contributed by atoms with E-state index in [2.05, 4.69) is 5.43 Å². The highest BCUT2D eigenvalue weighted by Crippen LogP contribution is 2.28. The van der Waals surface area contributed by atoms with Crippen molar-refractivity contribution < 1.29 is 29.5 Å². The van der Waals surface area contributed by atoms with Crippen LogP contribution in [0.4, 0.5) is 11.4 Å². The van der Waals surface area contributed by atoms with Gasteiger partial charge in [0.05, 0.1) is 17.7 Å². The number of carboxylic acids is 2. The second-order valence-electron chi connectivity index (χ2n) is 2.90. The number of nitro benzene ring substituents is 1. The van der Waals surface area contributed by atoms with Crippen LogP contribution in [-0.4, -0.2) is 34.2 Å². The molecule has 0 atom stereocenters. The van der Waals surface area contributed by atoms with Crippen molar-refractivity contribution in [2.45, 2.75) is 0 Å². The van der Waals surface area contributed by atoms with Gasteiger partial charge in [0.15, 0.2) is 5.75 Å². The molecule has 19 heavy (non-hydrogen) atoms. The van der Waals surface area contributed by atoms with Gasteiger partial charge in [-0.1, -0.05) is 0 Å². The fourth-order valence-electron chi connectivity index (χ4n) is 0.922. The molecule has 10 nitrogen and oxygen atoms in total. The van der Waals surface area contributed by atoms with E-state index in [9.17, 15) is 10.1 Å². The van der Waals surface area contributed by atoms with Crippen LogP contribution in [0.5, 0.6) is 5.75 Å². The summed E-state index contributed by atoms with van der Waals surface area (Å²) in [5, 5.41) is 25.3. The molecule has 0 heterocycles. The molecule has 0 spiro atoms. The van der Waals surface area contributed by atoms with Crippen LogP contribution in [-0.2, 0) is 9.59 Å². The smallest absolute Gasteiger partial charge is 0.414 e. The summed E-state index contributed by atoms with van der Waals surface area (Å²) in [6, 6.07) is 4.37. The molecule has 0 radical (unpaired) electrons.